The van der Waals surface area contributed by atoms with E-state index in [1.165, 1.54) is 13.3 Å². The largest absolute Gasteiger partial charge is 0.464 e. The van der Waals surface area contributed by atoms with E-state index in [9.17, 15) is 9.59 Å². The van der Waals surface area contributed by atoms with Gasteiger partial charge in [0.1, 0.15) is 5.69 Å². The van der Waals surface area contributed by atoms with Gasteiger partial charge in [-0.25, -0.2) is 9.78 Å². The Labute approximate surface area is 163 Å². The first-order valence-corrected chi connectivity index (χ1v) is 8.80. The molecule has 0 saturated heterocycles. The molecule has 0 bridgehead atoms. The van der Waals surface area contributed by atoms with Gasteiger partial charge in [-0.15, -0.1) is 0 Å². The quantitative estimate of drug-likeness (QED) is 0.394. The van der Waals surface area contributed by atoms with E-state index >= 15 is 0 Å². The summed E-state index contributed by atoms with van der Waals surface area (Å²) in [6, 6.07) is 10.6. The number of methoxy groups -OCH3 is 1. The van der Waals surface area contributed by atoms with Crippen LogP contribution in [-0.4, -0.2) is 54.4 Å². The van der Waals surface area contributed by atoms with Crippen molar-refractivity contribution in [2.24, 2.45) is 5.10 Å². The molecule has 8 nitrogen and oxygen atoms in total. The van der Waals surface area contributed by atoms with Crippen molar-refractivity contribution < 1.29 is 14.3 Å². The number of hydrogen-bond acceptors (Lipinski definition) is 7. The van der Waals surface area contributed by atoms with Gasteiger partial charge in [0.2, 0.25) is 0 Å². The molecule has 1 aromatic heterocycles. The lowest BCUT2D eigenvalue weighted by atomic mass is 10.1. The normalized spacial score (nSPS) is 10.5. The highest BCUT2D eigenvalue weighted by Crippen LogP contribution is 2.18. The van der Waals surface area contributed by atoms with Crippen LogP contribution in [0.25, 0.3) is 0 Å². The summed E-state index contributed by atoms with van der Waals surface area (Å²) in [7, 11) is 1.31. The number of hydrazone groups is 1. The molecule has 2 aromatic rings. The Morgan fingerprint density at radius 2 is 2.11 bits per heavy atom. The Bertz CT molecular complexity index is 866. The molecule has 8 heteroatoms. The van der Waals surface area contributed by atoms with Crippen molar-refractivity contribution in [2.45, 2.75) is 13.3 Å². The number of para-hydroxylation sites is 1. The van der Waals surface area contributed by atoms with Gasteiger partial charge in [0.15, 0.2) is 0 Å². The maximum Gasteiger partial charge on any atom is 0.356 e. The topological polar surface area (TPSA) is 108 Å². The third-order valence-corrected chi connectivity index (χ3v) is 4.05. The number of nitrogens with one attached hydrogen (secondary N) is 2. The van der Waals surface area contributed by atoms with Crippen molar-refractivity contribution in [3.8, 4) is 0 Å². The van der Waals surface area contributed by atoms with Crippen molar-refractivity contribution >= 4 is 30.0 Å². The van der Waals surface area contributed by atoms with Crippen LogP contribution in [0.5, 0.6) is 0 Å². The zero-order chi connectivity index (χ0) is 20.4. The van der Waals surface area contributed by atoms with Crippen molar-refractivity contribution in [3.05, 3.63) is 59.4 Å². The maximum absolute atomic E-state index is 13.0. The number of amides is 1. The average molecular weight is 381 g/mol. The number of aromatic nitrogens is 1. The van der Waals surface area contributed by atoms with Crippen LogP contribution in [-0.2, 0) is 11.2 Å². The first-order chi connectivity index (χ1) is 13.6. The summed E-state index contributed by atoms with van der Waals surface area (Å²) in [4.78, 5) is 30.3. The van der Waals surface area contributed by atoms with Crippen LogP contribution in [0.3, 0.4) is 0 Å². The molecule has 1 aromatic carbocycles. The molecule has 0 spiro atoms. The SMILES string of the molecule is CCN(CCc1ccnc(C(=O)OC)c1)C(=O)c1ccccc1N/N=C\C=N. The second-order valence-corrected chi connectivity index (χ2v) is 5.78. The summed E-state index contributed by atoms with van der Waals surface area (Å²) in [5.74, 6) is -0.617. The molecular weight excluding hydrogens is 358 g/mol. The van der Waals surface area contributed by atoms with Crippen LogP contribution in [0.1, 0.15) is 33.3 Å². The zero-order valence-electron chi connectivity index (χ0n) is 15.9. The minimum atomic E-state index is -0.490. The van der Waals surface area contributed by atoms with E-state index in [1.54, 1.807) is 41.4 Å². The highest BCUT2D eigenvalue weighted by atomic mass is 16.5. The molecule has 2 N–H and O–H groups in total. The van der Waals surface area contributed by atoms with Gasteiger partial charge in [0, 0.05) is 25.5 Å². The summed E-state index contributed by atoms with van der Waals surface area (Å²) in [6.45, 7) is 2.93. The Balaban J connectivity index is 2.11. The standard InChI is InChI=1S/C20H23N5O3/c1-3-25(13-9-15-8-11-22-18(14-15)20(27)28-2)19(26)16-6-4-5-7-17(16)24-23-12-10-21/h4-8,10-12,14,21,24H,3,9,13H2,1-2H3/b21-10?,23-12-. The Morgan fingerprint density at radius 1 is 1.32 bits per heavy atom. The smallest absolute Gasteiger partial charge is 0.356 e. The molecular formula is C20H23N5O3. The van der Waals surface area contributed by atoms with Crippen molar-refractivity contribution in [2.75, 3.05) is 25.6 Å². The molecule has 28 heavy (non-hydrogen) atoms. The van der Waals surface area contributed by atoms with Gasteiger partial charge in [-0.05, 0) is 43.2 Å². The fourth-order valence-electron chi connectivity index (χ4n) is 2.59. The molecule has 0 unspecified atom stereocenters. The van der Waals surface area contributed by atoms with Crippen molar-refractivity contribution in [3.63, 3.8) is 0 Å². The Hall–Kier alpha value is -3.55. The number of carbonyl (C=O) groups is 2. The Morgan fingerprint density at radius 3 is 2.82 bits per heavy atom. The predicted octanol–water partition coefficient (Wildman–Crippen LogP) is 2.62. The summed E-state index contributed by atoms with van der Waals surface area (Å²) in [5.41, 5.74) is 4.99. The van der Waals surface area contributed by atoms with Gasteiger partial charge in [0.05, 0.1) is 24.6 Å². The molecule has 1 heterocycles. The lowest BCUT2D eigenvalue weighted by Gasteiger charge is -2.22. The van der Waals surface area contributed by atoms with Crippen LogP contribution in [0.15, 0.2) is 47.7 Å². The minimum Gasteiger partial charge on any atom is -0.464 e. The number of nitrogens with zero attached hydrogens (tertiary/aromatic N) is 3. The van der Waals surface area contributed by atoms with Gasteiger partial charge in [-0.3, -0.25) is 10.2 Å². The number of hydrogen-bond donors (Lipinski definition) is 2. The highest BCUT2D eigenvalue weighted by molar-refractivity contribution is 6.14. The molecule has 0 aliphatic heterocycles. The lowest BCUT2D eigenvalue weighted by molar-refractivity contribution is 0.0593. The maximum atomic E-state index is 13.0. The van der Waals surface area contributed by atoms with E-state index in [1.807, 2.05) is 13.0 Å². The molecule has 0 aliphatic rings. The van der Waals surface area contributed by atoms with E-state index in [2.05, 4.69) is 20.2 Å². The van der Waals surface area contributed by atoms with Gasteiger partial charge in [-0.2, -0.15) is 5.10 Å². The number of anilines is 1. The number of ether oxygens (including phenoxy) is 1. The molecule has 0 fully saturated rings. The molecule has 146 valence electrons. The fraction of sp³-hybridized carbons (Fsp3) is 0.250. The number of benzene rings is 1. The third-order valence-electron chi connectivity index (χ3n) is 4.05. The van der Waals surface area contributed by atoms with E-state index in [-0.39, 0.29) is 11.6 Å². The summed E-state index contributed by atoms with van der Waals surface area (Å²) >= 11 is 0. The second-order valence-electron chi connectivity index (χ2n) is 5.78. The van der Waals surface area contributed by atoms with Gasteiger partial charge in [0.25, 0.3) is 5.91 Å². The number of esters is 1. The molecule has 0 radical (unpaired) electrons. The second kappa shape index (κ2) is 10.6. The molecule has 2 rings (SSSR count). The van der Waals surface area contributed by atoms with Crippen LogP contribution >= 0.6 is 0 Å². The molecule has 1 amide bonds. The first kappa shape index (κ1) is 20.8. The average Bonchev–Trinajstić information content (AvgIpc) is 2.74. The molecule has 0 saturated carbocycles. The van der Waals surface area contributed by atoms with E-state index in [0.29, 0.717) is 30.8 Å². The minimum absolute atomic E-state index is 0.127. The van der Waals surface area contributed by atoms with Gasteiger partial charge in [-0.1, -0.05) is 12.1 Å². The van der Waals surface area contributed by atoms with Crippen LogP contribution in [0, 0.1) is 5.41 Å². The van der Waals surface area contributed by atoms with Crippen LogP contribution in [0.4, 0.5) is 5.69 Å². The number of carbonyl (C=O) groups excluding carboxylic acids is 2. The monoisotopic (exact) mass is 381 g/mol. The summed E-state index contributed by atoms with van der Waals surface area (Å²) in [5, 5.41) is 10.8. The number of rotatable bonds is 9. The van der Waals surface area contributed by atoms with E-state index in [4.69, 9.17) is 5.41 Å². The van der Waals surface area contributed by atoms with Gasteiger partial charge < -0.3 is 15.0 Å². The van der Waals surface area contributed by atoms with Crippen LogP contribution in [0.2, 0.25) is 0 Å². The number of pyridine rings is 1. The zero-order valence-corrected chi connectivity index (χ0v) is 15.9. The van der Waals surface area contributed by atoms with E-state index in [0.717, 1.165) is 11.8 Å². The molecule has 0 aliphatic carbocycles. The first-order valence-electron chi connectivity index (χ1n) is 8.80. The highest BCUT2D eigenvalue weighted by Gasteiger charge is 2.17. The summed E-state index contributed by atoms with van der Waals surface area (Å²) in [6.07, 6.45) is 4.47. The third kappa shape index (κ3) is 5.47. The summed E-state index contributed by atoms with van der Waals surface area (Å²) < 4.78 is 4.69. The fourth-order valence-corrected chi connectivity index (χ4v) is 2.59. The molecule has 0 atom stereocenters. The van der Waals surface area contributed by atoms with Crippen molar-refractivity contribution in [1.82, 2.24) is 9.88 Å². The van der Waals surface area contributed by atoms with Crippen LogP contribution < -0.4 is 5.43 Å². The van der Waals surface area contributed by atoms with E-state index < -0.39 is 5.97 Å². The lowest BCUT2D eigenvalue weighted by Crippen LogP contribution is -2.33. The van der Waals surface area contributed by atoms with Crippen molar-refractivity contribution in [1.29, 1.82) is 5.41 Å². The number of likely N-dealkylation sites (N-methyl/N-ethyl adjacent to an activating group) is 1. The predicted molar refractivity (Wildman–Crippen MR) is 108 cm³/mol. The Kier molecular flexibility index (Phi) is 7.83. The van der Waals surface area contributed by atoms with Gasteiger partial charge >= 0.3 is 5.97 Å².